The van der Waals surface area contributed by atoms with E-state index in [-0.39, 0.29) is 0 Å². The molecule has 0 unspecified atom stereocenters. The smallest absolute Gasteiger partial charge is 0.0802 e. The van der Waals surface area contributed by atoms with E-state index in [1.807, 2.05) is 6.20 Å². The average molecular weight is 485 g/mol. The zero-order valence-corrected chi connectivity index (χ0v) is 21.0. The molecule has 0 saturated carbocycles. The lowest BCUT2D eigenvalue weighted by Crippen LogP contribution is -1.99. The summed E-state index contributed by atoms with van der Waals surface area (Å²) in [5, 5.41) is 8.60. The van der Waals surface area contributed by atoms with Crippen LogP contribution < -0.4 is 0 Å². The highest BCUT2D eigenvalue weighted by molar-refractivity contribution is 6.24. The topological polar surface area (TPSA) is 17.8 Å². The normalized spacial score (nSPS) is 11.8. The molecule has 0 bridgehead atoms. The molecule has 2 aromatic heterocycles. The van der Waals surface area contributed by atoms with Gasteiger partial charge < -0.3 is 4.57 Å². The molecule has 0 spiro atoms. The third kappa shape index (κ3) is 2.92. The first-order valence-corrected chi connectivity index (χ1v) is 13.1. The van der Waals surface area contributed by atoms with E-state index in [2.05, 4.69) is 133 Å². The summed E-state index contributed by atoms with van der Waals surface area (Å²) in [6.45, 7) is 2.10. The number of hydrogen-bond acceptors (Lipinski definition) is 1. The first kappa shape index (κ1) is 21.2. The van der Waals surface area contributed by atoms with Crippen molar-refractivity contribution >= 4 is 54.3 Å². The lowest BCUT2D eigenvalue weighted by atomic mass is 9.90. The largest absolute Gasteiger partial charge is 0.308 e. The van der Waals surface area contributed by atoms with Crippen molar-refractivity contribution in [2.24, 2.45) is 0 Å². The molecule has 0 aliphatic rings. The Labute approximate surface area is 220 Å². The van der Waals surface area contributed by atoms with Gasteiger partial charge in [0.25, 0.3) is 0 Å². The second-order valence-electron chi connectivity index (χ2n) is 10.1. The van der Waals surface area contributed by atoms with Crippen LogP contribution in [0.1, 0.15) is 5.56 Å². The lowest BCUT2D eigenvalue weighted by Gasteiger charge is -2.19. The highest BCUT2D eigenvalue weighted by Crippen LogP contribution is 2.44. The monoisotopic (exact) mass is 484 g/mol. The van der Waals surface area contributed by atoms with Crippen LogP contribution in [0.25, 0.3) is 71.1 Å². The minimum atomic E-state index is 1.05. The van der Waals surface area contributed by atoms with Gasteiger partial charge in [0.2, 0.25) is 0 Å². The highest BCUT2D eigenvalue weighted by atomic mass is 15.0. The van der Waals surface area contributed by atoms with Gasteiger partial charge in [-0.3, -0.25) is 4.98 Å². The molecule has 0 fully saturated rings. The van der Waals surface area contributed by atoms with Gasteiger partial charge in [-0.25, -0.2) is 0 Å². The Morgan fingerprint density at radius 1 is 0.553 bits per heavy atom. The zero-order valence-electron chi connectivity index (χ0n) is 21.0. The van der Waals surface area contributed by atoms with Crippen molar-refractivity contribution in [1.29, 1.82) is 0 Å². The summed E-state index contributed by atoms with van der Waals surface area (Å²) in [5.74, 6) is 0. The third-order valence-corrected chi connectivity index (χ3v) is 7.81. The Morgan fingerprint density at radius 2 is 1.16 bits per heavy atom. The molecule has 6 aromatic carbocycles. The summed E-state index contributed by atoms with van der Waals surface area (Å²) in [7, 11) is 0. The summed E-state index contributed by atoms with van der Waals surface area (Å²) >= 11 is 0. The number of rotatable bonds is 2. The minimum Gasteiger partial charge on any atom is -0.308 e. The van der Waals surface area contributed by atoms with Gasteiger partial charge in [0.1, 0.15) is 0 Å². The molecule has 2 heterocycles. The van der Waals surface area contributed by atoms with Crippen molar-refractivity contribution in [3.8, 4) is 16.8 Å². The van der Waals surface area contributed by atoms with Gasteiger partial charge in [-0.05, 0) is 52.6 Å². The molecule has 0 atom stereocenters. The molecular weight excluding hydrogens is 460 g/mol. The SMILES string of the molecule is Cc1cnc2c(ccc3c2c2ccccc2n3-c2c3ccccc3c(-c3ccccc3)c3ccccc23)c1. The number of para-hydroxylation sites is 1. The van der Waals surface area contributed by atoms with Crippen molar-refractivity contribution in [1.82, 2.24) is 9.55 Å². The van der Waals surface area contributed by atoms with Gasteiger partial charge in [-0.15, -0.1) is 0 Å². The van der Waals surface area contributed by atoms with Gasteiger partial charge in [0.15, 0.2) is 0 Å². The van der Waals surface area contributed by atoms with Crippen LogP contribution in [0.3, 0.4) is 0 Å². The third-order valence-electron chi connectivity index (χ3n) is 7.81. The Morgan fingerprint density at radius 3 is 1.87 bits per heavy atom. The number of fused-ring (bicyclic) bond motifs is 7. The maximum atomic E-state index is 4.93. The number of hydrogen-bond donors (Lipinski definition) is 0. The maximum absolute atomic E-state index is 4.93. The van der Waals surface area contributed by atoms with Crippen LogP contribution in [-0.4, -0.2) is 9.55 Å². The predicted molar refractivity (Wildman–Crippen MR) is 161 cm³/mol. The van der Waals surface area contributed by atoms with Crippen molar-refractivity contribution < 1.29 is 0 Å². The lowest BCUT2D eigenvalue weighted by molar-refractivity contribution is 1.21. The molecule has 38 heavy (non-hydrogen) atoms. The van der Waals surface area contributed by atoms with Gasteiger partial charge in [-0.1, -0.05) is 103 Å². The van der Waals surface area contributed by atoms with E-state index in [1.165, 1.54) is 71.1 Å². The average Bonchev–Trinajstić information content (AvgIpc) is 3.30. The van der Waals surface area contributed by atoms with Crippen LogP contribution >= 0.6 is 0 Å². The van der Waals surface area contributed by atoms with E-state index < -0.39 is 0 Å². The van der Waals surface area contributed by atoms with E-state index in [0.717, 1.165) is 5.52 Å². The fraction of sp³-hybridized carbons (Fsp3) is 0.0278. The van der Waals surface area contributed by atoms with Gasteiger partial charge in [0, 0.05) is 33.1 Å². The summed E-state index contributed by atoms with van der Waals surface area (Å²) < 4.78 is 2.46. The van der Waals surface area contributed by atoms with E-state index in [1.54, 1.807) is 0 Å². The quantitative estimate of drug-likeness (QED) is 0.223. The van der Waals surface area contributed by atoms with Crippen molar-refractivity contribution in [3.63, 3.8) is 0 Å². The van der Waals surface area contributed by atoms with Crippen molar-refractivity contribution in [2.75, 3.05) is 0 Å². The van der Waals surface area contributed by atoms with Crippen LogP contribution in [-0.2, 0) is 0 Å². The summed E-state index contributed by atoms with van der Waals surface area (Å²) in [6, 6.07) is 43.9. The summed E-state index contributed by atoms with van der Waals surface area (Å²) in [5.41, 5.74) is 8.33. The zero-order chi connectivity index (χ0) is 25.2. The molecule has 2 nitrogen and oxygen atoms in total. The second-order valence-corrected chi connectivity index (χ2v) is 10.1. The second kappa shape index (κ2) is 8.03. The van der Waals surface area contributed by atoms with E-state index in [9.17, 15) is 0 Å². The van der Waals surface area contributed by atoms with Gasteiger partial charge in [-0.2, -0.15) is 0 Å². The van der Waals surface area contributed by atoms with Gasteiger partial charge >= 0.3 is 0 Å². The van der Waals surface area contributed by atoms with Gasteiger partial charge in [0.05, 0.1) is 22.2 Å². The standard InChI is InChI=1S/C36H24N2/c1-23-21-25-19-20-32-34(35(25)37-22-23)30-17-9-10-18-31(30)38(32)36-28-15-7-5-13-26(28)33(24-11-3-2-4-12-24)27-14-6-8-16-29(27)36/h2-22H,1H3. The number of aromatic nitrogens is 2. The van der Waals surface area contributed by atoms with Crippen LogP contribution in [0, 0.1) is 6.92 Å². The predicted octanol–water partition coefficient (Wildman–Crippen LogP) is 9.61. The first-order chi connectivity index (χ1) is 18.8. The first-order valence-electron chi connectivity index (χ1n) is 13.1. The molecule has 2 heteroatoms. The molecule has 0 amide bonds. The number of benzene rings is 6. The molecule has 0 aliphatic carbocycles. The fourth-order valence-electron chi connectivity index (χ4n) is 6.27. The molecule has 178 valence electrons. The van der Waals surface area contributed by atoms with E-state index >= 15 is 0 Å². The Balaban J connectivity index is 1.62. The minimum absolute atomic E-state index is 1.05. The summed E-state index contributed by atoms with van der Waals surface area (Å²) in [6.07, 6.45) is 1.98. The highest BCUT2D eigenvalue weighted by Gasteiger charge is 2.21. The molecular formula is C36H24N2. The maximum Gasteiger partial charge on any atom is 0.0802 e. The number of pyridine rings is 1. The van der Waals surface area contributed by atoms with E-state index in [0.29, 0.717) is 0 Å². The van der Waals surface area contributed by atoms with Crippen LogP contribution in [0.4, 0.5) is 0 Å². The molecule has 8 rings (SSSR count). The number of aryl methyl sites for hydroxylation is 1. The molecule has 0 N–H and O–H groups in total. The van der Waals surface area contributed by atoms with Crippen LogP contribution in [0.5, 0.6) is 0 Å². The van der Waals surface area contributed by atoms with Crippen molar-refractivity contribution in [2.45, 2.75) is 6.92 Å². The Bertz CT molecular complexity index is 2130. The fourth-order valence-corrected chi connectivity index (χ4v) is 6.27. The van der Waals surface area contributed by atoms with E-state index in [4.69, 9.17) is 4.98 Å². The number of nitrogens with zero attached hydrogens (tertiary/aromatic N) is 2. The molecule has 0 saturated heterocycles. The van der Waals surface area contributed by atoms with Crippen molar-refractivity contribution in [3.05, 3.63) is 133 Å². The molecule has 8 aromatic rings. The van der Waals surface area contributed by atoms with Crippen LogP contribution in [0.15, 0.2) is 128 Å². The molecule has 0 radical (unpaired) electrons. The Kier molecular flexibility index (Phi) is 4.47. The molecule has 0 aliphatic heterocycles. The summed E-state index contributed by atoms with van der Waals surface area (Å²) in [4.78, 5) is 4.93. The van der Waals surface area contributed by atoms with Crippen LogP contribution in [0.2, 0.25) is 0 Å². The Hall–Kier alpha value is -4.95.